The van der Waals surface area contributed by atoms with Crippen molar-refractivity contribution in [1.82, 2.24) is 0 Å². The highest BCUT2D eigenvalue weighted by atomic mass is 32.2. The molecule has 3 rings (SSSR count). The second-order valence-corrected chi connectivity index (χ2v) is 17.9. The zero-order valence-electron chi connectivity index (χ0n) is 31.3. The van der Waals surface area contributed by atoms with Gasteiger partial charge in [0.15, 0.2) is 14.7 Å². The number of hydrogen-bond donors (Lipinski definition) is 0. The molecule has 0 aliphatic rings. The van der Waals surface area contributed by atoms with Crippen LogP contribution in [0, 0.1) is 0 Å². The maximum Gasteiger partial charge on any atom is 0.460 e. The first-order valence-electron chi connectivity index (χ1n) is 16.3. The summed E-state index contributed by atoms with van der Waals surface area (Å²) in [7, 11) is -0.120. The molecule has 18 heteroatoms. The third-order valence-corrected chi connectivity index (χ3v) is 10.7. The van der Waals surface area contributed by atoms with Crippen molar-refractivity contribution in [2.45, 2.75) is 135 Å². The van der Waals surface area contributed by atoms with E-state index in [0.29, 0.717) is 0 Å². The largest absolute Gasteiger partial charge is 0.544 e. The number of rotatable bonds is 9. The van der Waals surface area contributed by atoms with Gasteiger partial charge in [-0.25, -0.2) is 0 Å². The molecule has 0 aliphatic heterocycles. The molecule has 0 atom stereocenters. The lowest BCUT2D eigenvalue weighted by atomic mass is 9.87. The molecule has 0 heterocycles. The van der Waals surface area contributed by atoms with Crippen molar-refractivity contribution in [1.29, 1.82) is 0 Å². The summed E-state index contributed by atoms with van der Waals surface area (Å²) in [4.78, 5) is 13.7. The molecule has 0 radical (unpaired) electrons. The average molecular weight is 845 g/mol. The Morgan fingerprint density at radius 2 is 0.607 bits per heavy atom. The summed E-state index contributed by atoms with van der Waals surface area (Å²) in [5, 5.41) is 9.61. The van der Waals surface area contributed by atoms with Crippen LogP contribution in [0.2, 0.25) is 0 Å². The van der Waals surface area contributed by atoms with Crippen molar-refractivity contribution in [2.24, 2.45) is 0 Å². The van der Waals surface area contributed by atoms with Gasteiger partial charge >= 0.3 is 41.7 Å². The van der Waals surface area contributed by atoms with Crippen LogP contribution in [0.1, 0.15) is 79.0 Å². The molecule has 0 unspecified atom stereocenters. The van der Waals surface area contributed by atoms with Crippen molar-refractivity contribution in [3.63, 3.8) is 0 Å². The van der Waals surface area contributed by atoms with Gasteiger partial charge in [-0.3, -0.25) is 0 Å². The number of alkyl halides is 15. The number of benzene rings is 3. The van der Waals surface area contributed by atoms with Gasteiger partial charge in [0, 0.05) is 0 Å². The highest BCUT2D eigenvalue weighted by Gasteiger charge is 2.93. The minimum Gasteiger partial charge on any atom is -0.544 e. The summed E-state index contributed by atoms with van der Waals surface area (Å²) in [6, 6.07) is 27.8. The van der Waals surface area contributed by atoms with Crippen LogP contribution in [-0.4, -0.2) is 47.7 Å². The van der Waals surface area contributed by atoms with Crippen molar-refractivity contribution in [2.75, 3.05) is 0 Å². The standard InChI is InChI=1S/C30H39S.C8HF15O2/c1-28(2,3)22-10-16-25(17-11-22)31(26-18-12-23(13-19-26)29(4,5)6)27-20-14-24(15-21-27)30(7,8)9;9-2(10,1(24)25)3(11,12)4(13,14)5(15,16)6(17,18)7(19,20)8(21,22)23/h10-21H,1-9H3;(H,24,25)/q+1;/p-1. The summed E-state index contributed by atoms with van der Waals surface area (Å²) < 4.78 is 186. The summed E-state index contributed by atoms with van der Waals surface area (Å²) in [6.45, 7) is 20.5. The van der Waals surface area contributed by atoms with Gasteiger partial charge in [0.1, 0.15) is 5.97 Å². The van der Waals surface area contributed by atoms with Crippen LogP contribution in [0.25, 0.3) is 0 Å². The molecule has 0 spiro atoms. The van der Waals surface area contributed by atoms with Crippen LogP contribution >= 0.6 is 0 Å². The van der Waals surface area contributed by atoms with Crippen molar-refractivity contribution < 1.29 is 75.8 Å². The Labute approximate surface area is 316 Å². The fourth-order valence-corrected chi connectivity index (χ4v) is 6.82. The molecule has 314 valence electrons. The molecule has 0 bridgehead atoms. The Kier molecular flexibility index (Phi) is 13.3. The van der Waals surface area contributed by atoms with Crippen LogP contribution in [0.5, 0.6) is 0 Å². The molecule has 0 saturated carbocycles. The van der Waals surface area contributed by atoms with Crippen LogP contribution in [-0.2, 0) is 31.9 Å². The van der Waals surface area contributed by atoms with E-state index in [4.69, 9.17) is 0 Å². The maximum atomic E-state index is 12.8. The number of carboxylic acid groups (broad SMARTS) is 1. The van der Waals surface area contributed by atoms with Gasteiger partial charge in [0.2, 0.25) is 0 Å². The highest BCUT2D eigenvalue weighted by molar-refractivity contribution is 7.97. The van der Waals surface area contributed by atoms with E-state index < -0.39 is 47.7 Å². The molecule has 56 heavy (non-hydrogen) atoms. The Morgan fingerprint density at radius 1 is 0.393 bits per heavy atom. The van der Waals surface area contributed by atoms with E-state index in [9.17, 15) is 75.8 Å². The van der Waals surface area contributed by atoms with E-state index in [1.54, 1.807) is 0 Å². The third kappa shape index (κ3) is 9.09. The van der Waals surface area contributed by atoms with E-state index in [-0.39, 0.29) is 27.1 Å². The van der Waals surface area contributed by atoms with Gasteiger partial charge in [-0.05, 0) is 69.3 Å². The van der Waals surface area contributed by atoms with Crippen molar-refractivity contribution in [3.05, 3.63) is 89.5 Å². The smallest absolute Gasteiger partial charge is 0.460 e. The fourth-order valence-electron chi connectivity index (χ4n) is 4.78. The first-order chi connectivity index (χ1) is 24.7. The Hall–Kier alpha value is -3.57. The molecule has 0 aromatic heterocycles. The van der Waals surface area contributed by atoms with Gasteiger partial charge in [-0.1, -0.05) is 98.7 Å². The normalized spacial score (nSPS) is 14.4. The zero-order valence-corrected chi connectivity index (χ0v) is 32.1. The summed E-state index contributed by atoms with van der Waals surface area (Å²) >= 11 is 0. The lowest BCUT2D eigenvalue weighted by molar-refractivity contribution is -0.454. The molecule has 0 fully saturated rings. The summed E-state index contributed by atoms with van der Waals surface area (Å²) in [5.41, 5.74) is 4.64. The first-order valence-corrected chi connectivity index (χ1v) is 17.5. The Balaban J connectivity index is 0.000000398. The summed E-state index contributed by atoms with van der Waals surface area (Å²) in [6.07, 6.45) is -7.71. The second-order valence-electron chi connectivity index (χ2n) is 15.9. The van der Waals surface area contributed by atoms with Gasteiger partial charge in [-0.2, -0.15) is 65.9 Å². The quantitative estimate of drug-likeness (QED) is 0.159. The molecule has 2 nitrogen and oxygen atoms in total. The molecule has 3 aromatic carbocycles. The SMILES string of the molecule is CC(C)(C)c1ccc([S+](c2ccc(C(C)(C)C)cc2)c2ccc(C(C)(C)C)cc2)cc1.O=C([O-])C(F)(F)C(F)(F)C(F)(F)C(F)(F)C(F)(F)C(F)(F)C(F)(F)F. The first kappa shape index (κ1) is 48.6. The lowest BCUT2D eigenvalue weighted by Gasteiger charge is -2.41. The van der Waals surface area contributed by atoms with E-state index in [2.05, 4.69) is 135 Å². The molecule has 0 N–H and O–H groups in total. The molecular weight excluding hydrogens is 805 g/mol. The molecular formula is C38H39F15O2S. The van der Waals surface area contributed by atoms with Crippen LogP contribution in [0.15, 0.2) is 87.5 Å². The number of carboxylic acids is 1. The van der Waals surface area contributed by atoms with Crippen molar-refractivity contribution in [3.8, 4) is 0 Å². The average Bonchev–Trinajstić information content (AvgIpc) is 3.03. The zero-order chi connectivity index (χ0) is 44.1. The van der Waals surface area contributed by atoms with E-state index in [1.165, 1.54) is 31.4 Å². The molecule has 0 saturated heterocycles. The van der Waals surface area contributed by atoms with Gasteiger partial charge in [-0.15, -0.1) is 0 Å². The number of carbonyl (C=O) groups is 1. The van der Waals surface area contributed by atoms with Crippen molar-refractivity contribution >= 4 is 16.9 Å². The fraction of sp³-hybridized carbons (Fsp3) is 0.500. The predicted molar refractivity (Wildman–Crippen MR) is 178 cm³/mol. The Morgan fingerprint density at radius 3 is 0.804 bits per heavy atom. The predicted octanol–water partition coefficient (Wildman–Crippen LogP) is 11.8. The molecule has 0 amide bonds. The lowest BCUT2D eigenvalue weighted by Crippen LogP contribution is -2.74. The van der Waals surface area contributed by atoms with E-state index in [1.807, 2.05) is 0 Å². The molecule has 0 aliphatic carbocycles. The summed E-state index contributed by atoms with van der Waals surface area (Å²) in [5.74, 6) is -53.3. The third-order valence-electron chi connectivity index (χ3n) is 8.45. The van der Waals surface area contributed by atoms with Crippen LogP contribution < -0.4 is 5.11 Å². The topological polar surface area (TPSA) is 40.1 Å². The van der Waals surface area contributed by atoms with Gasteiger partial charge in [0.05, 0.1) is 10.9 Å². The number of hydrogen-bond acceptors (Lipinski definition) is 2. The maximum absolute atomic E-state index is 12.8. The Bertz CT molecular complexity index is 1660. The molecule has 3 aromatic rings. The number of aliphatic carboxylic acids is 1. The van der Waals surface area contributed by atoms with Gasteiger partial charge < -0.3 is 9.90 Å². The van der Waals surface area contributed by atoms with E-state index in [0.717, 1.165) is 0 Å². The number of halogens is 15. The van der Waals surface area contributed by atoms with Crippen LogP contribution in [0.3, 0.4) is 0 Å². The number of carbonyl (C=O) groups excluding carboxylic acids is 1. The minimum absolute atomic E-state index is 0.120. The van der Waals surface area contributed by atoms with E-state index >= 15 is 0 Å². The van der Waals surface area contributed by atoms with Crippen LogP contribution in [0.4, 0.5) is 65.9 Å². The highest BCUT2D eigenvalue weighted by Crippen LogP contribution is 2.62. The second kappa shape index (κ2) is 15.3. The van der Waals surface area contributed by atoms with Gasteiger partial charge in [0.25, 0.3) is 0 Å². The monoisotopic (exact) mass is 844 g/mol. The minimum atomic E-state index is -8.50.